The summed E-state index contributed by atoms with van der Waals surface area (Å²) in [6.07, 6.45) is 0. The number of nitrogens with zero attached hydrogens (tertiary/aromatic N) is 4. The Morgan fingerprint density at radius 2 is 2.31 bits per heavy atom. The number of rotatable bonds is 5. The first-order valence-electron chi connectivity index (χ1n) is 4.68. The van der Waals surface area contributed by atoms with Crippen LogP contribution in [0.3, 0.4) is 0 Å². The lowest BCUT2D eigenvalue weighted by atomic mass is 10.1. The van der Waals surface area contributed by atoms with Gasteiger partial charge in [-0.3, -0.25) is 4.79 Å². The van der Waals surface area contributed by atoms with E-state index in [1.54, 1.807) is 20.9 Å². The molecule has 90 valence electrons. The minimum Gasteiger partial charge on any atom is -0.480 e. The third-order valence-electron chi connectivity index (χ3n) is 2.14. The third-order valence-corrected chi connectivity index (χ3v) is 3.54. The largest absolute Gasteiger partial charge is 0.480 e. The molecule has 0 unspecified atom stereocenters. The van der Waals surface area contributed by atoms with Gasteiger partial charge in [0, 0.05) is 4.75 Å². The summed E-state index contributed by atoms with van der Waals surface area (Å²) in [5.41, 5.74) is 5.58. The Kier molecular flexibility index (Phi) is 3.87. The maximum absolute atomic E-state index is 10.8. The fourth-order valence-corrected chi connectivity index (χ4v) is 1.92. The molecule has 0 bridgehead atoms. The normalized spacial score (nSPS) is 13.8. The van der Waals surface area contributed by atoms with Gasteiger partial charge in [0.05, 0.1) is 12.8 Å². The van der Waals surface area contributed by atoms with Crippen molar-refractivity contribution < 1.29 is 9.90 Å². The van der Waals surface area contributed by atoms with Gasteiger partial charge in [-0.1, -0.05) is 0 Å². The number of tetrazole rings is 1. The van der Waals surface area contributed by atoms with E-state index in [0.29, 0.717) is 11.6 Å². The molecule has 7 nitrogen and oxygen atoms in total. The minimum atomic E-state index is -1.01. The van der Waals surface area contributed by atoms with Crippen molar-refractivity contribution in [2.24, 2.45) is 12.8 Å². The Balaban J connectivity index is 2.57. The zero-order valence-electron chi connectivity index (χ0n) is 9.41. The molecule has 0 spiro atoms. The van der Waals surface area contributed by atoms with Crippen LogP contribution < -0.4 is 5.73 Å². The molecule has 0 amide bonds. The number of aromatic nitrogens is 4. The molecule has 0 saturated carbocycles. The zero-order chi connectivity index (χ0) is 12.3. The van der Waals surface area contributed by atoms with Crippen molar-refractivity contribution in [2.75, 3.05) is 0 Å². The van der Waals surface area contributed by atoms with Crippen molar-refractivity contribution in [1.29, 1.82) is 0 Å². The van der Waals surface area contributed by atoms with Crippen molar-refractivity contribution in [3.05, 3.63) is 5.82 Å². The second kappa shape index (κ2) is 4.79. The maximum Gasteiger partial charge on any atom is 0.321 e. The highest BCUT2D eigenvalue weighted by molar-refractivity contribution is 7.99. The summed E-state index contributed by atoms with van der Waals surface area (Å²) >= 11 is 1.40. The predicted octanol–water partition coefficient (Wildman–Crippen LogP) is -0.366. The summed E-state index contributed by atoms with van der Waals surface area (Å²) in [7, 11) is 1.68. The molecule has 0 saturated heterocycles. The van der Waals surface area contributed by atoms with Crippen LogP contribution in [0, 0.1) is 0 Å². The molecule has 16 heavy (non-hydrogen) atoms. The van der Waals surface area contributed by atoms with Gasteiger partial charge in [-0.15, -0.1) is 22.0 Å². The Morgan fingerprint density at radius 1 is 1.69 bits per heavy atom. The highest BCUT2D eigenvalue weighted by Crippen LogP contribution is 2.29. The molecule has 1 heterocycles. The van der Waals surface area contributed by atoms with Crippen LogP contribution >= 0.6 is 11.8 Å². The van der Waals surface area contributed by atoms with Gasteiger partial charge >= 0.3 is 5.97 Å². The summed E-state index contributed by atoms with van der Waals surface area (Å²) in [5.74, 6) is 0.0460. The van der Waals surface area contributed by atoms with Crippen LogP contribution in [-0.4, -0.2) is 42.1 Å². The molecule has 0 aliphatic carbocycles. The Labute approximate surface area is 97.4 Å². The van der Waals surface area contributed by atoms with E-state index in [1.165, 1.54) is 16.6 Å². The fourth-order valence-electron chi connectivity index (χ4n) is 1.02. The number of carboxylic acids is 1. The Morgan fingerprint density at radius 3 is 2.75 bits per heavy atom. The maximum atomic E-state index is 10.8. The van der Waals surface area contributed by atoms with Crippen LogP contribution in [-0.2, 0) is 17.6 Å². The highest BCUT2D eigenvalue weighted by Gasteiger charge is 2.32. The average Bonchev–Trinajstić information content (AvgIpc) is 2.60. The number of carboxylic acid groups (broad SMARTS) is 1. The van der Waals surface area contributed by atoms with Gasteiger partial charge in [-0.2, -0.15) is 4.80 Å². The van der Waals surface area contributed by atoms with Gasteiger partial charge in [-0.05, 0) is 19.1 Å². The quantitative estimate of drug-likeness (QED) is 0.729. The smallest absolute Gasteiger partial charge is 0.321 e. The first-order chi connectivity index (χ1) is 7.33. The molecule has 0 aliphatic rings. The minimum absolute atomic E-state index is 0.488. The molecule has 0 radical (unpaired) electrons. The zero-order valence-corrected chi connectivity index (χ0v) is 10.2. The summed E-state index contributed by atoms with van der Waals surface area (Å²) in [4.78, 5) is 12.1. The lowest BCUT2D eigenvalue weighted by molar-refractivity contribution is -0.139. The molecule has 0 aromatic carbocycles. The van der Waals surface area contributed by atoms with Crippen LogP contribution in [0.1, 0.15) is 19.7 Å². The van der Waals surface area contributed by atoms with Crippen LogP contribution in [0.5, 0.6) is 0 Å². The van der Waals surface area contributed by atoms with E-state index in [0.717, 1.165) is 0 Å². The molecule has 1 rings (SSSR count). The number of hydrogen-bond acceptors (Lipinski definition) is 6. The van der Waals surface area contributed by atoms with Gasteiger partial charge in [-0.25, -0.2) is 0 Å². The van der Waals surface area contributed by atoms with E-state index in [2.05, 4.69) is 15.4 Å². The second-order valence-electron chi connectivity index (χ2n) is 3.90. The summed E-state index contributed by atoms with van der Waals surface area (Å²) < 4.78 is -0.578. The number of carbonyl (C=O) groups is 1. The molecule has 1 aromatic rings. The summed E-state index contributed by atoms with van der Waals surface area (Å²) in [6, 6.07) is -0.922. The van der Waals surface area contributed by atoms with Crippen molar-refractivity contribution in [3.63, 3.8) is 0 Å². The number of thioether (sulfide) groups is 1. The standard InChI is InChI=1S/C8H15N5O2S/c1-8(2,6(9)7(14)15)16-4-5-10-12-13(3)11-5/h6H,4,9H2,1-3H3,(H,14,15)/t6-/m1/s1. The Bertz CT molecular complexity index is 378. The summed E-state index contributed by atoms with van der Waals surface area (Å²) in [5, 5.41) is 20.3. The van der Waals surface area contributed by atoms with Crippen molar-refractivity contribution >= 4 is 17.7 Å². The monoisotopic (exact) mass is 245 g/mol. The highest BCUT2D eigenvalue weighted by atomic mass is 32.2. The lowest BCUT2D eigenvalue weighted by Gasteiger charge is -2.27. The molecular weight excluding hydrogens is 230 g/mol. The van der Waals surface area contributed by atoms with Gasteiger partial charge < -0.3 is 10.8 Å². The van der Waals surface area contributed by atoms with Crippen LogP contribution in [0.15, 0.2) is 0 Å². The first-order valence-corrected chi connectivity index (χ1v) is 5.66. The molecular formula is C8H15N5O2S. The van der Waals surface area contributed by atoms with E-state index in [4.69, 9.17) is 10.8 Å². The summed E-state index contributed by atoms with van der Waals surface area (Å²) in [6.45, 7) is 3.57. The van der Waals surface area contributed by atoms with E-state index in [9.17, 15) is 4.79 Å². The van der Waals surface area contributed by atoms with E-state index in [-0.39, 0.29) is 0 Å². The lowest BCUT2D eigenvalue weighted by Crippen LogP contribution is -2.46. The van der Waals surface area contributed by atoms with Crippen molar-refractivity contribution in [3.8, 4) is 0 Å². The van der Waals surface area contributed by atoms with Crippen LogP contribution in [0.25, 0.3) is 0 Å². The first kappa shape index (κ1) is 12.9. The van der Waals surface area contributed by atoms with Gasteiger partial charge in [0.15, 0.2) is 5.82 Å². The fraction of sp³-hybridized carbons (Fsp3) is 0.750. The molecule has 8 heteroatoms. The van der Waals surface area contributed by atoms with Crippen LogP contribution in [0.4, 0.5) is 0 Å². The molecule has 3 N–H and O–H groups in total. The molecule has 0 aliphatic heterocycles. The van der Waals surface area contributed by atoms with Gasteiger partial charge in [0.2, 0.25) is 0 Å². The predicted molar refractivity (Wildman–Crippen MR) is 59.8 cm³/mol. The number of hydrogen-bond donors (Lipinski definition) is 2. The molecule has 1 aromatic heterocycles. The van der Waals surface area contributed by atoms with E-state index >= 15 is 0 Å². The topological polar surface area (TPSA) is 107 Å². The van der Waals surface area contributed by atoms with Crippen molar-refractivity contribution in [2.45, 2.75) is 30.4 Å². The van der Waals surface area contributed by atoms with Gasteiger partial charge in [0.1, 0.15) is 6.04 Å². The van der Waals surface area contributed by atoms with E-state index < -0.39 is 16.8 Å². The third kappa shape index (κ3) is 3.17. The average molecular weight is 245 g/mol. The SMILES string of the molecule is Cn1nnc(CSC(C)(C)[C@H](N)C(=O)O)n1. The van der Waals surface area contributed by atoms with Gasteiger partial charge in [0.25, 0.3) is 0 Å². The number of aliphatic carboxylic acids is 1. The molecule has 1 atom stereocenters. The number of nitrogens with two attached hydrogens (primary N) is 1. The van der Waals surface area contributed by atoms with Crippen LogP contribution in [0.2, 0.25) is 0 Å². The number of aryl methyl sites for hydroxylation is 1. The van der Waals surface area contributed by atoms with Crippen molar-refractivity contribution in [1.82, 2.24) is 20.2 Å². The Hall–Kier alpha value is -1.15. The van der Waals surface area contributed by atoms with E-state index in [1.807, 2.05) is 0 Å². The second-order valence-corrected chi connectivity index (χ2v) is 5.53. The molecule has 0 fully saturated rings.